The molecule has 0 spiro atoms. The van der Waals surface area contributed by atoms with Gasteiger partial charge in [-0.3, -0.25) is 4.79 Å². The summed E-state index contributed by atoms with van der Waals surface area (Å²) in [6.07, 6.45) is 2.15. The fourth-order valence-electron chi connectivity index (χ4n) is 2.53. The van der Waals surface area contributed by atoms with E-state index in [1.165, 1.54) is 6.20 Å². The molecule has 9 nitrogen and oxygen atoms in total. The van der Waals surface area contributed by atoms with Gasteiger partial charge in [-0.2, -0.15) is 0 Å². The standard InChI is InChI=1S/C17H22N4O5/c1-12-19-16(21(23)24)11-20(12)9-7-17(22)18-8-6-13-10-14(25-2)4-5-15(13)26-3/h4-5,10-11H,6-9H2,1-3H3,(H,18,22). The summed E-state index contributed by atoms with van der Waals surface area (Å²) in [4.78, 5) is 26.0. The van der Waals surface area contributed by atoms with Crippen molar-refractivity contribution in [1.29, 1.82) is 0 Å². The van der Waals surface area contributed by atoms with Crippen LogP contribution in [0.15, 0.2) is 24.4 Å². The second-order valence-electron chi connectivity index (χ2n) is 5.62. The van der Waals surface area contributed by atoms with Crippen molar-refractivity contribution in [3.05, 3.63) is 45.9 Å². The average Bonchev–Trinajstić information content (AvgIpc) is 3.01. The normalized spacial score (nSPS) is 10.4. The zero-order valence-corrected chi connectivity index (χ0v) is 15.0. The Morgan fingerprint density at radius 2 is 2.12 bits per heavy atom. The molecule has 1 heterocycles. The molecule has 1 aromatic carbocycles. The number of carbonyl (C=O) groups excluding carboxylic acids is 1. The van der Waals surface area contributed by atoms with Crippen LogP contribution in [-0.4, -0.2) is 41.1 Å². The Morgan fingerprint density at radius 3 is 2.73 bits per heavy atom. The van der Waals surface area contributed by atoms with E-state index in [2.05, 4.69) is 10.3 Å². The monoisotopic (exact) mass is 362 g/mol. The Labute approximate surface area is 151 Å². The second-order valence-corrected chi connectivity index (χ2v) is 5.62. The summed E-state index contributed by atoms with van der Waals surface area (Å²) in [5.74, 6) is 1.62. The Morgan fingerprint density at radius 1 is 1.35 bits per heavy atom. The van der Waals surface area contributed by atoms with Crippen LogP contribution in [0.25, 0.3) is 0 Å². The largest absolute Gasteiger partial charge is 0.497 e. The summed E-state index contributed by atoms with van der Waals surface area (Å²) >= 11 is 0. The van der Waals surface area contributed by atoms with Gasteiger partial charge in [0.05, 0.1) is 14.2 Å². The molecule has 0 aliphatic heterocycles. The molecule has 1 N–H and O–H groups in total. The molecule has 2 rings (SSSR count). The number of aromatic nitrogens is 2. The molecule has 0 bridgehead atoms. The lowest BCUT2D eigenvalue weighted by atomic mass is 10.1. The topological polar surface area (TPSA) is 109 Å². The van der Waals surface area contributed by atoms with Crippen molar-refractivity contribution in [2.24, 2.45) is 0 Å². The molecule has 0 saturated carbocycles. The number of aryl methyl sites for hydroxylation is 2. The molecule has 0 unspecified atom stereocenters. The molecule has 1 amide bonds. The number of carbonyl (C=O) groups is 1. The van der Waals surface area contributed by atoms with Crippen LogP contribution in [-0.2, 0) is 17.8 Å². The van der Waals surface area contributed by atoms with Crippen molar-refractivity contribution in [1.82, 2.24) is 14.9 Å². The first kappa shape index (κ1) is 19.2. The molecule has 0 aliphatic rings. The van der Waals surface area contributed by atoms with Gasteiger partial charge in [-0.15, -0.1) is 0 Å². The van der Waals surface area contributed by atoms with Crippen molar-refractivity contribution >= 4 is 11.7 Å². The summed E-state index contributed by atoms with van der Waals surface area (Å²) in [5.41, 5.74) is 0.938. The summed E-state index contributed by atoms with van der Waals surface area (Å²) in [6.45, 7) is 2.45. The molecule has 0 fully saturated rings. The van der Waals surface area contributed by atoms with Gasteiger partial charge in [-0.05, 0) is 40.1 Å². The predicted octanol–water partition coefficient (Wildman–Crippen LogP) is 1.87. The molecule has 9 heteroatoms. The number of nitrogens with one attached hydrogen (secondary N) is 1. The van der Waals surface area contributed by atoms with Crippen LogP contribution in [0.5, 0.6) is 11.5 Å². The number of amides is 1. The Kier molecular flexibility index (Phi) is 6.54. The van der Waals surface area contributed by atoms with Crippen LogP contribution in [0.2, 0.25) is 0 Å². The highest BCUT2D eigenvalue weighted by Gasteiger charge is 2.15. The van der Waals surface area contributed by atoms with Gasteiger partial charge in [0, 0.05) is 26.4 Å². The number of hydrogen-bond acceptors (Lipinski definition) is 6. The van der Waals surface area contributed by atoms with Gasteiger partial charge in [0.15, 0.2) is 0 Å². The first-order valence-electron chi connectivity index (χ1n) is 8.10. The van der Waals surface area contributed by atoms with Crippen LogP contribution in [0, 0.1) is 17.0 Å². The van der Waals surface area contributed by atoms with E-state index < -0.39 is 4.92 Å². The number of ether oxygens (including phenoxy) is 2. The lowest BCUT2D eigenvalue weighted by Crippen LogP contribution is -2.26. The van der Waals surface area contributed by atoms with Gasteiger partial charge in [-0.1, -0.05) is 0 Å². The van der Waals surface area contributed by atoms with Crippen LogP contribution in [0.1, 0.15) is 17.8 Å². The van der Waals surface area contributed by atoms with E-state index in [9.17, 15) is 14.9 Å². The highest BCUT2D eigenvalue weighted by atomic mass is 16.6. The van der Waals surface area contributed by atoms with E-state index >= 15 is 0 Å². The molecule has 26 heavy (non-hydrogen) atoms. The van der Waals surface area contributed by atoms with Gasteiger partial charge in [-0.25, -0.2) is 0 Å². The third kappa shape index (κ3) is 4.95. The Bertz CT molecular complexity index is 787. The predicted molar refractivity (Wildman–Crippen MR) is 94.5 cm³/mol. The van der Waals surface area contributed by atoms with Gasteiger partial charge in [0.25, 0.3) is 0 Å². The number of nitro groups is 1. The van der Waals surface area contributed by atoms with E-state index in [4.69, 9.17) is 9.47 Å². The number of rotatable bonds is 9. The molecule has 2 aromatic rings. The van der Waals surface area contributed by atoms with Crippen LogP contribution >= 0.6 is 0 Å². The van der Waals surface area contributed by atoms with Crippen LogP contribution in [0.3, 0.4) is 0 Å². The average molecular weight is 362 g/mol. The molecule has 0 aliphatic carbocycles. The zero-order chi connectivity index (χ0) is 19.1. The van der Waals surface area contributed by atoms with Crippen LogP contribution < -0.4 is 14.8 Å². The summed E-state index contributed by atoms with van der Waals surface area (Å²) in [7, 11) is 3.19. The van der Waals surface area contributed by atoms with E-state index in [0.29, 0.717) is 25.3 Å². The van der Waals surface area contributed by atoms with Crippen LogP contribution in [0.4, 0.5) is 5.82 Å². The van der Waals surface area contributed by atoms with Crippen molar-refractivity contribution in [3.63, 3.8) is 0 Å². The minimum absolute atomic E-state index is 0.136. The number of benzene rings is 1. The minimum Gasteiger partial charge on any atom is -0.497 e. The minimum atomic E-state index is -0.551. The smallest absolute Gasteiger partial charge is 0.381 e. The molecule has 0 atom stereocenters. The van der Waals surface area contributed by atoms with Crippen molar-refractivity contribution in [3.8, 4) is 11.5 Å². The molecule has 0 saturated heterocycles. The van der Waals surface area contributed by atoms with Gasteiger partial charge >= 0.3 is 5.82 Å². The maximum atomic E-state index is 12.0. The zero-order valence-electron chi connectivity index (χ0n) is 15.0. The van der Waals surface area contributed by atoms with Crippen molar-refractivity contribution < 1.29 is 19.2 Å². The number of imidazole rings is 1. The van der Waals surface area contributed by atoms with E-state index in [1.54, 1.807) is 25.7 Å². The Balaban J connectivity index is 1.83. The van der Waals surface area contributed by atoms with E-state index in [-0.39, 0.29) is 18.1 Å². The highest BCUT2D eigenvalue weighted by molar-refractivity contribution is 5.75. The number of nitrogens with zero attached hydrogens (tertiary/aromatic N) is 3. The summed E-state index contributed by atoms with van der Waals surface area (Å²) in [5, 5.41) is 13.5. The summed E-state index contributed by atoms with van der Waals surface area (Å²) in [6, 6.07) is 5.51. The quantitative estimate of drug-likeness (QED) is 0.539. The summed E-state index contributed by atoms with van der Waals surface area (Å²) < 4.78 is 12.1. The van der Waals surface area contributed by atoms with Crippen molar-refractivity contribution in [2.45, 2.75) is 26.3 Å². The maximum absolute atomic E-state index is 12.0. The highest BCUT2D eigenvalue weighted by Crippen LogP contribution is 2.24. The molecule has 140 valence electrons. The fraction of sp³-hybridized carbons (Fsp3) is 0.412. The lowest BCUT2D eigenvalue weighted by molar-refractivity contribution is -0.389. The molecular weight excluding hydrogens is 340 g/mol. The van der Waals surface area contributed by atoms with Gasteiger partial charge < -0.3 is 29.5 Å². The maximum Gasteiger partial charge on any atom is 0.381 e. The Hall–Kier alpha value is -3.10. The van der Waals surface area contributed by atoms with E-state index in [1.807, 2.05) is 18.2 Å². The molecular formula is C17H22N4O5. The second kappa shape index (κ2) is 8.84. The van der Waals surface area contributed by atoms with Crippen molar-refractivity contribution in [2.75, 3.05) is 20.8 Å². The number of methoxy groups -OCH3 is 2. The number of hydrogen-bond donors (Lipinski definition) is 1. The van der Waals surface area contributed by atoms with Gasteiger partial charge in [0.2, 0.25) is 11.7 Å². The van der Waals surface area contributed by atoms with Gasteiger partial charge in [0.1, 0.15) is 17.7 Å². The van der Waals surface area contributed by atoms with E-state index in [0.717, 1.165) is 17.1 Å². The first-order valence-corrected chi connectivity index (χ1v) is 8.10. The third-order valence-electron chi connectivity index (χ3n) is 3.93. The third-order valence-corrected chi connectivity index (χ3v) is 3.93. The lowest BCUT2D eigenvalue weighted by Gasteiger charge is -2.11. The first-order chi connectivity index (χ1) is 12.4. The molecule has 0 radical (unpaired) electrons. The molecule has 1 aromatic heterocycles. The fourth-order valence-corrected chi connectivity index (χ4v) is 2.53. The SMILES string of the molecule is COc1ccc(OC)c(CCNC(=O)CCn2cc([N+](=O)[O-])nc2C)c1.